The zero-order chi connectivity index (χ0) is 15.6. The smallest absolute Gasteiger partial charge is 0.0357 e. The third-order valence-corrected chi connectivity index (χ3v) is 4.99. The van der Waals surface area contributed by atoms with E-state index in [2.05, 4.69) is 58.7 Å². The van der Waals surface area contributed by atoms with Crippen molar-refractivity contribution in [3.63, 3.8) is 0 Å². The van der Waals surface area contributed by atoms with Gasteiger partial charge >= 0.3 is 0 Å². The molecule has 0 aromatic heterocycles. The first kappa shape index (κ1) is 19.9. The lowest BCUT2D eigenvalue weighted by Crippen LogP contribution is -2.60. The minimum atomic E-state index is 0.330. The van der Waals surface area contributed by atoms with Crippen LogP contribution < -0.4 is 5.32 Å². The number of rotatable bonds is 12. The molecule has 0 aliphatic carbocycles. The zero-order valence-electron chi connectivity index (χ0n) is 15.3. The van der Waals surface area contributed by atoms with Crippen LogP contribution in [0.1, 0.15) is 80.6 Å². The molecule has 122 valence electrons. The minimum absolute atomic E-state index is 0.330. The highest BCUT2D eigenvalue weighted by Gasteiger charge is 2.38. The largest absolute Gasteiger partial charge is 0.312 e. The average molecular weight is 285 g/mol. The fourth-order valence-corrected chi connectivity index (χ4v) is 3.80. The summed E-state index contributed by atoms with van der Waals surface area (Å²) in [7, 11) is 0. The molecule has 0 bridgehead atoms. The molecule has 0 heterocycles. The van der Waals surface area contributed by atoms with Crippen LogP contribution in [-0.2, 0) is 0 Å². The lowest BCUT2D eigenvalue weighted by atomic mass is 9.79. The Bertz CT molecular complexity index is 217. The highest BCUT2D eigenvalue weighted by molar-refractivity contribution is 4.98. The van der Waals surface area contributed by atoms with Crippen molar-refractivity contribution >= 4 is 0 Å². The molecule has 0 rings (SSSR count). The molecule has 0 aliphatic heterocycles. The third kappa shape index (κ3) is 5.37. The van der Waals surface area contributed by atoms with E-state index in [-0.39, 0.29) is 0 Å². The van der Waals surface area contributed by atoms with Crippen molar-refractivity contribution in [2.45, 2.75) is 92.2 Å². The number of nitrogens with zero attached hydrogens (tertiary/aromatic N) is 1. The Balaban J connectivity index is 5.00. The molecule has 0 fully saturated rings. The Morgan fingerprint density at radius 2 is 1.45 bits per heavy atom. The zero-order valence-corrected chi connectivity index (χ0v) is 15.3. The monoisotopic (exact) mass is 284 g/mol. The van der Waals surface area contributed by atoms with Crippen molar-refractivity contribution in [2.24, 2.45) is 5.92 Å². The van der Waals surface area contributed by atoms with Gasteiger partial charge in [0.2, 0.25) is 0 Å². The van der Waals surface area contributed by atoms with E-state index in [1.54, 1.807) is 0 Å². The molecule has 1 atom stereocenters. The molecule has 2 nitrogen and oxygen atoms in total. The number of nitrogens with one attached hydrogen (secondary N) is 1. The molecule has 0 aromatic carbocycles. The van der Waals surface area contributed by atoms with Gasteiger partial charge in [0.05, 0.1) is 0 Å². The van der Waals surface area contributed by atoms with E-state index in [0.29, 0.717) is 11.6 Å². The molecule has 1 N–H and O–H groups in total. The second kappa shape index (κ2) is 10.6. The van der Waals surface area contributed by atoms with Gasteiger partial charge in [-0.25, -0.2) is 0 Å². The van der Waals surface area contributed by atoms with Crippen LogP contribution in [0, 0.1) is 5.92 Å². The van der Waals surface area contributed by atoms with Crippen molar-refractivity contribution in [1.29, 1.82) is 0 Å². The van der Waals surface area contributed by atoms with Crippen LogP contribution in [0.5, 0.6) is 0 Å². The maximum atomic E-state index is 3.81. The van der Waals surface area contributed by atoms with Crippen molar-refractivity contribution in [1.82, 2.24) is 10.2 Å². The summed E-state index contributed by atoms with van der Waals surface area (Å²) < 4.78 is 0. The van der Waals surface area contributed by atoms with Gasteiger partial charge in [-0.15, -0.1) is 0 Å². The van der Waals surface area contributed by atoms with Gasteiger partial charge in [-0.1, -0.05) is 61.3 Å². The summed E-state index contributed by atoms with van der Waals surface area (Å²) in [5, 5.41) is 3.81. The molecule has 1 unspecified atom stereocenters. The van der Waals surface area contributed by atoms with E-state index >= 15 is 0 Å². The Morgan fingerprint density at radius 1 is 0.900 bits per heavy atom. The van der Waals surface area contributed by atoms with E-state index < -0.39 is 0 Å². The normalized spacial score (nSPS) is 14.2. The fraction of sp³-hybridized carbons (Fsp3) is 1.00. The van der Waals surface area contributed by atoms with Gasteiger partial charge < -0.3 is 5.32 Å². The van der Waals surface area contributed by atoms with E-state index in [1.165, 1.54) is 32.1 Å². The fourth-order valence-electron chi connectivity index (χ4n) is 3.80. The Hall–Kier alpha value is -0.0800. The molecule has 0 saturated carbocycles. The van der Waals surface area contributed by atoms with Crippen molar-refractivity contribution in [2.75, 3.05) is 19.6 Å². The molecule has 0 amide bonds. The Morgan fingerprint density at radius 3 is 1.80 bits per heavy atom. The minimum Gasteiger partial charge on any atom is -0.312 e. The van der Waals surface area contributed by atoms with E-state index in [4.69, 9.17) is 0 Å². The summed E-state index contributed by atoms with van der Waals surface area (Å²) in [5.74, 6) is 0.823. The predicted molar refractivity (Wildman–Crippen MR) is 92.4 cm³/mol. The molecule has 0 aliphatic rings. The molecule has 2 heteroatoms. The van der Waals surface area contributed by atoms with Gasteiger partial charge in [0.15, 0.2) is 0 Å². The van der Waals surface area contributed by atoms with E-state index in [0.717, 1.165) is 25.6 Å². The summed E-state index contributed by atoms with van der Waals surface area (Å²) in [6.45, 7) is 19.7. The van der Waals surface area contributed by atoms with Crippen LogP contribution in [0.2, 0.25) is 0 Å². The topological polar surface area (TPSA) is 15.3 Å². The van der Waals surface area contributed by atoms with Gasteiger partial charge in [0, 0.05) is 11.6 Å². The number of likely N-dealkylation sites (N-methyl/N-ethyl adjacent to an activating group) is 2. The van der Waals surface area contributed by atoms with Gasteiger partial charge in [-0.05, 0) is 44.8 Å². The molecule has 20 heavy (non-hydrogen) atoms. The van der Waals surface area contributed by atoms with Crippen LogP contribution in [0.25, 0.3) is 0 Å². The first-order valence-corrected chi connectivity index (χ1v) is 9.00. The summed E-state index contributed by atoms with van der Waals surface area (Å²) in [6, 6.07) is 0.626. The van der Waals surface area contributed by atoms with Crippen LogP contribution in [0.4, 0.5) is 0 Å². The highest BCUT2D eigenvalue weighted by atomic mass is 15.2. The molecular formula is C18H40N2. The lowest BCUT2D eigenvalue weighted by Gasteiger charge is -2.48. The third-order valence-electron chi connectivity index (χ3n) is 4.99. The SMILES string of the molecule is CCNC(CCCC(C)C)C(CC)(CC)N(CC)CC. The van der Waals surface area contributed by atoms with Crippen molar-refractivity contribution in [3.8, 4) is 0 Å². The molecular weight excluding hydrogens is 244 g/mol. The first-order valence-electron chi connectivity index (χ1n) is 9.00. The highest BCUT2D eigenvalue weighted by Crippen LogP contribution is 2.31. The maximum Gasteiger partial charge on any atom is 0.0357 e. The molecule has 0 aromatic rings. The maximum absolute atomic E-state index is 3.81. The van der Waals surface area contributed by atoms with Crippen LogP contribution >= 0.6 is 0 Å². The summed E-state index contributed by atoms with van der Waals surface area (Å²) in [5.41, 5.74) is 0.330. The summed E-state index contributed by atoms with van der Waals surface area (Å²) >= 11 is 0. The molecule has 0 spiro atoms. The van der Waals surface area contributed by atoms with Gasteiger partial charge in [0.25, 0.3) is 0 Å². The summed E-state index contributed by atoms with van der Waals surface area (Å²) in [4.78, 5) is 2.69. The van der Waals surface area contributed by atoms with Crippen LogP contribution in [0.3, 0.4) is 0 Å². The summed E-state index contributed by atoms with van der Waals surface area (Å²) in [6.07, 6.45) is 6.49. The Labute approximate surface area is 128 Å². The van der Waals surface area contributed by atoms with Crippen LogP contribution in [-0.4, -0.2) is 36.1 Å². The van der Waals surface area contributed by atoms with Crippen LogP contribution in [0.15, 0.2) is 0 Å². The number of hydrogen-bond donors (Lipinski definition) is 1. The van der Waals surface area contributed by atoms with E-state index in [9.17, 15) is 0 Å². The Kier molecular flexibility index (Phi) is 10.6. The standard InChI is InChI=1S/C18H40N2/c1-8-18(9-2,20(11-4)12-5)17(19-10-3)15-13-14-16(6)7/h16-17,19H,8-15H2,1-7H3. The quantitative estimate of drug-likeness (QED) is 0.559. The van der Waals surface area contributed by atoms with Crippen molar-refractivity contribution in [3.05, 3.63) is 0 Å². The number of hydrogen-bond acceptors (Lipinski definition) is 2. The predicted octanol–water partition coefficient (Wildman–Crippen LogP) is 4.69. The molecule has 0 radical (unpaired) electrons. The van der Waals surface area contributed by atoms with Gasteiger partial charge in [-0.2, -0.15) is 0 Å². The van der Waals surface area contributed by atoms with Crippen molar-refractivity contribution < 1.29 is 0 Å². The first-order chi connectivity index (χ1) is 9.52. The second-order valence-electron chi connectivity index (χ2n) is 6.42. The lowest BCUT2D eigenvalue weighted by molar-refractivity contribution is 0.0454. The second-order valence-corrected chi connectivity index (χ2v) is 6.42. The van der Waals surface area contributed by atoms with Gasteiger partial charge in [0.1, 0.15) is 0 Å². The van der Waals surface area contributed by atoms with Gasteiger partial charge in [-0.3, -0.25) is 4.90 Å². The average Bonchev–Trinajstić information content (AvgIpc) is 2.44. The molecule has 0 saturated heterocycles. The van der Waals surface area contributed by atoms with E-state index in [1.807, 2.05) is 0 Å².